The molecule has 0 N–H and O–H groups in total. The molecule has 32 heavy (non-hydrogen) atoms. The Kier molecular flexibility index (Phi) is 24.5. The van der Waals surface area contributed by atoms with Gasteiger partial charge in [-0.2, -0.15) is 0 Å². The van der Waals surface area contributed by atoms with E-state index in [1.54, 1.807) is 6.20 Å². The Morgan fingerprint density at radius 1 is 0.875 bits per heavy atom. The van der Waals surface area contributed by atoms with Crippen molar-refractivity contribution in [3.05, 3.63) is 60.2 Å². The van der Waals surface area contributed by atoms with Crippen molar-refractivity contribution in [2.45, 2.75) is 99.5 Å². The van der Waals surface area contributed by atoms with Crippen LogP contribution in [0.15, 0.2) is 49.1 Å². The predicted octanol–water partition coefficient (Wildman–Crippen LogP) is 5.49. The third-order valence-electron chi connectivity index (χ3n) is 5.59. The summed E-state index contributed by atoms with van der Waals surface area (Å²) >= 11 is 3.51. The third-order valence-corrected chi connectivity index (χ3v) is 6.50. The Morgan fingerprint density at radius 2 is 1.47 bits per heavy atom. The molecule has 4 heteroatoms. The number of aromatic nitrogens is 2. The van der Waals surface area contributed by atoms with Crippen LogP contribution in [0, 0.1) is 25.7 Å². The molecule has 2 heterocycles. The second-order valence-corrected chi connectivity index (χ2v) is 9.24. The number of hydrogen-bond acceptors (Lipinski definition) is 1. The zero-order valence-electron chi connectivity index (χ0n) is 21.5. The minimum Gasteiger partial charge on any atom is -1.00 e. The summed E-state index contributed by atoms with van der Waals surface area (Å²) in [5.41, 5.74) is 2.56. The van der Waals surface area contributed by atoms with Crippen LogP contribution in [0.25, 0.3) is 0 Å². The highest BCUT2D eigenvalue weighted by molar-refractivity contribution is 9.09. The van der Waals surface area contributed by atoms with Gasteiger partial charge in [0.15, 0.2) is 18.9 Å². The van der Waals surface area contributed by atoms with Crippen LogP contribution >= 0.6 is 15.9 Å². The Bertz CT molecular complexity index is 630. The van der Waals surface area contributed by atoms with Crippen LogP contribution in [0.5, 0.6) is 0 Å². The normalized spacial score (nSPS) is 11.7. The van der Waals surface area contributed by atoms with Gasteiger partial charge in [0.1, 0.15) is 0 Å². The van der Waals surface area contributed by atoms with Crippen molar-refractivity contribution in [1.29, 1.82) is 0 Å². The highest BCUT2D eigenvalue weighted by atomic mass is 79.9. The summed E-state index contributed by atoms with van der Waals surface area (Å²) in [6, 6.07) is 8.24. The molecule has 184 valence electrons. The van der Waals surface area contributed by atoms with E-state index in [2.05, 4.69) is 84.6 Å². The summed E-state index contributed by atoms with van der Waals surface area (Å²) in [5, 5.41) is 1.18. The van der Waals surface area contributed by atoms with Crippen LogP contribution in [0.3, 0.4) is 0 Å². The van der Waals surface area contributed by atoms with Gasteiger partial charge in [0.25, 0.3) is 0 Å². The number of pyridine rings is 2. The molecule has 0 spiro atoms. The highest BCUT2D eigenvalue weighted by Crippen LogP contribution is 2.14. The molecular weight excluding hydrogens is 524 g/mol. The Labute approximate surface area is 218 Å². The standard InChI is InChI=1S/C14H24N.C8H17Br.C6H7N.BrH/c1-4-6-9-14(5-2)12-15-10-7-8-13(3)11-15;1-3-5-6-8(4-2)7-9;1-6-3-2-4-7-5-6;/h7-8,10-11,14H,4-6,9,12H2,1-3H3;8H,3-7H2,1-2H3;2-5H,1H3;1H/q+1;;;/p-1. The molecule has 0 aliphatic rings. The quantitative estimate of drug-likeness (QED) is 0.257. The van der Waals surface area contributed by atoms with E-state index in [1.807, 2.05) is 25.3 Å². The molecule has 2 atom stereocenters. The SMILES string of the molecule is CCCCC(CC)CBr.CCCCC(CC)C[n+]1cccc(C)c1.Cc1cccnc1.[Br-]. The maximum absolute atomic E-state index is 3.88. The molecule has 0 aliphatic heterocycles. The molecule has 0 saturated carbocycles. The fraction of sp³-hybridized carbons (Fsp3) is 0.643. The van der Waals surface area contributed by atoms with Gasteiger partial charge in [-0.1, -0.05) is 81.8 Å². The first kappa shape index (κ1) is 33.4. The molecule has 2 rings (SSSR count). The molecule has 2 aromatic heterocycles. The van der Waals surface area contributed by atoms with E-state index >= 15 is 0 Å². The van der Waals surface area contributed by atoms with E-state index < -0.39 is 0 Å². The second-order valence-electron chi connectivity index (χ2n) is 8.60. The van der Waals surface area contributed by atoms with Gasteiger partial charge < -0.3 is 17.0 Å². The molecule has 0 saturated heterocycles. The monoisotopic (exact) mass is 570 g/mol. The van der Waals surface area contributed by atoms with E-state index in [0.717, 1.165) is 11.8 Å². The molecule has 0 fully saturated rings. The lowest BCUT2D eigenvalue weighted by Gasteiger charge is -2.10. The lowest BCUT2D eigenvalue weighted by Crippen LogP contribution is -3.00. The molecule has 0 amide bonds. The van der Waals surface area contributed by atoms with Gasteiger partial charge in [-0.25, -0.2) is 4.57 Å². The first-order valence-electron chi connectivity index (χ1n) is 12.4. The Morgan fingerprint density at radius 3 is 1.88 bits per heavy atom. The van der Waals surface area contributed by atoms with E-state index in [9.17, 15) is 0 Å². The van der Waals surface area contributed by atoms with Gasteiger partial charge in [-0.05, 0) is 56.7 Å². The summed E-state index contributed by atoms with van der Waals surface area (Å²) in [6.45, 7) is 14.4. The van der Waals surface area contributed by atoms with Gasteiger partial charge in [0.05, 0.1) is 0 Å². The maximum atomic E-state index is 3.88. The van der Waals surface area contributed by atoms with Crippen LogP contribution in [0.2, 0.25) is 0 Å². The topological polar surface area (TPSA) is 16.8 Å². The van der Waals surface area contributed by atoms with Crippen molar-refractivity contribution in [3.63, 3.8) is 0 Å². The lowest BCUT2D eigenvalue weighted by atomic mass is 9.99. The summed E-state index contributed by atoms with van der Waals surface area (Å²) in [6.07, 6.45) is 18.8. The molecule has 0 bridgehead atoms. The van der Waals surface area contributed by atoms with Crippen LogP contribution in [0.4, 0.5) is 0 Å². The van der Waals surface area contributed by atoms with Crippen molar-refractivity contribution in [1.82, 2.24) is 4.98 Å². The number of hydrogen-bond donors (Lipinski definition) is 0. The number of aryl methyl sites for hydroxylation is 2. The maximum Gasteiger partial charge on any atom is 0.171 e. The van der Waals surface area contributed by atoms with Crippen molar-refractivity contribution in [2.24, 2.45) is 11.8 Å². The van der Waals surface area contributed by atoms with Gasteiger partial charge in [0.2, 0.25) is 0 Å². The average Bonchev–Trinajstić information content (AvgIpc) is 2.79. The predicted molar refractivity (Wildman–Crippen MR) is 141 cm³/mol. The summed E-state index contributed by atoms with van der Waals surface area (Å²) in [7, 11) is 0. The van der Waals surface area contributed by atoms with Crippen molar-refractivity contribution >= 4 is 15.9 Å². The molecule has 0 aliphatic carbocycles. The molecule has 2 aromatic rings. The Balaban J connectivity index is 0. The smallest absolute Gasteiger partial charge is 0.171 e. The van der Waals surface area contributed by atoms with Crippen molar-refractivity contribution in [2.75, 3.05) is 5.33 Å². The van der Waals surface area contributed by atoms with Crippen molar-refractivity contribution in [3.8, 4) is 0 Å². The number of alkyl halides is 1. The summed E-state index contributed by atoms with van der Waals surface area (Å²) < 4.78 is 2.33. The first-order valence-corrected chi connectivity index (χ1v) is 13.5. The summed E-state index contributed by atoms with van der Waals surface area (Å²) in [4.78, 5) is 3.88. The van der Waals surface area contributed by atoms with E-state index in [4.69, 9.17) is 0 Å². The van der Waals surface area contributed by atoms with E-state index in [1.165, 1.54) is 74.4 Å². The lowest BCUT2D eigenvalue weighted by molar-refractivity contribution is -0.703. The molecule has 2 unspecified atom stereocenters. The third kappa shape index (κ3) is 18.8. The van der Waals surface area contributed by atoms with E-state index in [0.29, 0.717) is 0 Å². The number of halogens is 2. The van der Waals surface area contributed by atoms with E-state index in [-0.39, 0.29) is 17.0 Å². The fourth-order valence-corrected chi connectivity index (χ4v) is 4.09. The minimum absolute atomic E-state index is 0. The highest BCUT2D eigenvalue weighted by Gasteiger charge is 2.11. The number of unbranched alkanes of at least 4 members (excludes halogenated alkanes) is 2. The zero-order valence-corrected chi connectivity index (χ0v) is 24.7. The van der Waals surface area contributed by atoms with Gasteiger partial charge in [-0.3, -0.25) is 4.98 Å². The van der Waals surface area contributed by atoms with Crippen LogP contribution < -0.4 is 21.5 Å². The first-order chi connectivity index (χ1) is 15.0. The second kappa shape index (κ2) is 23.4. The molecular formula is C28H48Br2N2. The van der Waals surface area contributed by atoms with Gasteiger partial charge in [-0.15, -0.1) is 0 Å². The van der Waals surface area contributed by atoms with Crippen LogP contribution in [-0.4, -0.2) is 10.3 Å². The van der Waals surface area contributed by atoms with Crippen LogP contribution in [0.1, 0.15) is 90.2 Å². The zero-order chi connectivity index (χ0) is 23.3. The number of nitrogens with zero attached hydrogens (tertiary/aromatic N) is 2. The number of rotatable bonds is 11. The average molecular weight is 573 g/mol. The Hall–Kier alpha value is -0.740. The minimum atomic E-state index is 0. The molecule has 2 nitrogen and oxygen atoms in total. The molecule has 0 aromatic carbocycles. The van der Waals surface area contributed by atoms with Gasteiger partial charge >= 0.3 is 0 Å². The largest absolute Gasteiger partial charge is 1.00 e. The fourth-order valence-electron chi connectivity index (χ4n) is 3.31. The van der Waals surface area contributed by atoms with Crippen molar-refractivity contribution < 1.29 is 21.5 Å². The van der Waals surface area contributed by atoms with Crippen LogP contribution in [-0.2, 0) is 6.54 Å². The summed E-state index contributed by atoms with van der Waals surface area (Å²) in [5.74, 6) is 1.77. The van der Waals surface area contributed by atoms with Gasteiger partial charge in [0, 0.05) is 35.3 Å². The molecule has 0 radical (unpaired) electrons.